The number of hydrogen-bond acceptors (Lipinski definition) is 3. The Morgan fingerprint density at radius 2 is 1.73 bits per heavy atom. The van der Waals surface area contributed by atoms with E-state index in [9.17, 15) is 13.2 Å². The van der Waals surface area contributed by atoms with Gasteiger partial charge in [0.1, 0.15) is 6.04 Å². The second-order valence-corrected chi connectivity index (χ2v) is 9.68. The van der Waals surface area contributed by atoms with Crippen molar-refractivity contribution in [1.29, 1.82) is 0 Å². The second-order valence-electron chi connectivity index (χ2n) is 6.98. The Labute approximate surface area is 186 Å². The number of anilines is 1. The first-order valence-electron chi connectivity index (χ1n) is 9.40. The summed E-state index contributed by atoms with van der Waals surface area (Å²) in [5.41, 5.74) is 1.10. The molecule has 3 aromatic rings. The van der Waals surface area contributed by atoms with Crippen LogP contribution in [0.2, 0.25) is 10.0 Å². The van der Waals surface area contributed by atoms with Crippen LogP contribution in [0.5, 0.6) is 0 Å². The molecule has 0 aliphatic heterocycles. The first-order chi connectivity index (χ1) is 14.2. The van der Waals surface area contributed by atoms with Crippen LogP contribution in [-0.2, 0) is 21.4 Å². The quantitative estimate of drug-likeness (QED) is 0.534. The Kier molecular flexibility index (Phi) is 6.91. The molecular weight excluding hydrogens is 443 g/mol. The molecule has 0 saturated heterocycles. The molecule has 0 saturated carbocycles. The average Bonchev–Trinajstić information content (AvgIpc) is 2.71. The predicted octanol–water partition coefficient (Wildman–Crippen LogP) is 5.01. The maximum Gasteiger partial charge on any atom is 0.244 e. The fraction of sp³-hybridized carbons (Fsp3) is 0.227. The minimum atomic E-state index is -3.80. The van der Waals surface area contributed by atoms with Gasteiger partial charge in [0.05, 0.1) is 17.0 Å². The zero-order valence-electron chi connectivity index (χ0n) is 16.6. The highest BCUT2D eigenvalue weighted by Crippen LogP contribution is 2.33. The van der Waals surface area contributed by atoms with E-state index < -0.39 is 22.0 Å². The molecule has 0 aromatic heterocycles. The van der Waals surface area contributed by atoms with Gasteiger partial charge in [-0.15, -0.1) is 0 Å². The number of hydrogen-bond donors (Lipinski definition) is 1. The summed E-state index contributed by atoms with van der Waals surface area (Å²) < 4.78 is 26.2. The number of carbonyl (C=O) groups is 1. The van der Waals surface area contributed by atoms with Gasteiger partial charge in [-0.3, -0.25) is 9.10 Å². The van der Waals surface area contributed by atoms with Crippen LogP contribution in [0, 0.1) is 0 Å². The Morgan fingerprint density at radius 1 is 1.03 bits per heavy atom. The molecule has 5 nitrogen and oxygen atoms in total. The van der Waals surface area contributed by atoms with E-state index in [1.165, 1.54) is 12.1 Å². The van der Waals surface area contributed by atoms with Crippen molar-refractivity contribution in [3.63, 3.8) is 0 Å². The van der Waals surface area contributed by atoms with Crippen molar-refractivity contribution in [3.05, 3.63) is 76.3 Å². The Hall–Kier alpha value is -2.28. The third-order valence-corrected chi connectivity index (χ3v) is 6.48. The van der Waals surface area contributed by atoms with E-state index in [1.54, 1.807) is 13.0 Å². The molecule has 0 unspecified atom stereocenters. The van der Waals surface area contributed by atoms with Gasteiger partial charge in [0.2, 0.25) is 15.9 Å². The summed E-state index contributed by atoms with van der Waals surface area (Å²) in [6, 6.07) is 17.4. The van der Waals surface area contributed by atoms with Gasteiger partial charge >= 0.3 is 0 Å². The number of fused-ring (bicyclic) bond motifs is 1. The molecule has 0 aliphatic carbocycles. The number of carbonyl (C=O) groups excluding carboxylic acids is 1. The zero-order valence-corrected chi connectivity index (χ0v) is 18.9. The number of amides is 1. The number of halogens is 2. The topological polar surface area (TPSA) is 66.5 Å². The molecule has 8 heteroatoms. The number of benzene rings is 3. The minimum absolute atomic E-state index is 0.180. The number of rotatable bonds is 7. The largest absolute Gasteiger partial charge is 0.350 e. The third-order valence-electron chi connectivity index (χ3n) is 4.76. The fourth-order valence-corrected chi connectivity index (χ4v) is 4.99. The minimum Gasteiger partial charge on any atom is -0.350 e. The van der Waals surface area contributed by atoms with E-state index in [4.69, 9.17) is 23.2 Å². The molecule has 0 radical (unpaired) electrons. The summed E-state index contributed by atoms with van der Waals surface area (Å²) >= 11 is 12.3. The maximum atomic E-state index is 13.0. The van der Waals surface area contributed by atoms with Crippen molar-refractivity contribution in [3.8, 4) is 0 Å². The number of sulfonamides is 1. The zero-order chi connectivity index (χ0) is 21.9. The van der Waals surface area contributed by atoms with Crippen molar-refractivity contribution in [1.82, 2.24) is 5.32 Å². The summed E-state index contributed by atoms with van der Waals surface area (Å²) in [5, 5.41) is 5.56. The SMILES string of the molecule is CC[C@H](C(=O)NCc1ccc2ccccc2c1)N(c1cc(Cl)ccc1Cl)S(C)(=O)=O. The lowest BCUT2D eigenvalue weighted by Gasteiger charge is -2.30. The van der Waals surface area contributed by atoms with Crippen molar-refractivity contribution >= 4 is 55.6 Å². The first-order valence-corrected chi connectivity index (χ1v) is 12.0. The Morgan fingerprint density at radius 3 is 2.40 bits per heavy atom. The Bertz CT molecular complexity index is 1180. The smallest absolute Gasteiger partial charge is 0.244 e. The number of nitrogens with zero attached hydrogens (tertiary/aromatic N) is 1. The lowest BCUT2D eigenvalue weighted by atomic mass is 10.1. The molecule has 1 N–H and O–H groups in total. The van der Waals surface area contributed by atoms with Gasteiger partial charge in [-0.2, -0.15) is 0 Å². The molecule has 0 aliphatic rings. The van der Waals surface area contributed by atoms with Gasteiger partial charge in [-0.1, -0.05) is 66.5 Å². The van der Waals surface area contributed by atoms with E-state index in [-0.39, 0.29) is 23.7 Å². The molecule has 1 amide bonds. The highest BCUT2D eigenvalue weighted by molar-refractivity contribution is 7.92. The summed E-state index contributed by atoms with van der Waals surface area (Å²) in [5.74, 6) is -0.410. The van der Waals surface area contributed by atoms with Crippen LogP contribution in [0.4, 0.5) is 5.69 Å². The lowest BCUT2D eigenvalue weighted by molar-refractivity contribution is -0.122. The van der Waals surface area contributed by atoms with E-state index in [0.29, 0.717) is 5.02 Å². The molecule has 0 spiro atoms. The van der Waals surface area contributed by atoms with Crippen molar-refractivity contribution < 1.29 is 13.2 Å². The van der Waals surface area contributed by atoms with Crippen molar-refractivity contribution in [2.45, 2.75) is 25.9 Å². The van der Waals surface area contributed by atoms with Crippen molar-refractivity contribution in [2.75, 3.05) is 10.6 Å². The predicted molar refractivity (Wildman–Crippen MR) is 124 cm³/mol. The molecule has 0 heterocycles. The van der Waals surface area contributed by atoms with E-state index in [2.05, 4.69) is 5.32 Å². The van der Waals surface area contributed by atoms with Crippen LogP contribution >= 0.6 is 23.2 Å². The van der Waals surface area contributed by atoms with Gasteiger partial charge < -0.3 is 5.32 Å². The normalized spacial score (nSPS) is 12.5. The van der Waals surface area contributed by atoms with Crippen LogP contribution in [0.1, 0.15) is 18.9 Å². The lowest BCUT2D eigenvalue weighted by Crippen LogP contribution is -2.49. The molecule has 158 valence electrons. The number of nitrogens with one attached hydrogen (secondary N) is 1. The molecular formula is C22H22Cl2N2O3S. The molecule has 0 bridgehead atoms. The molecule has 3 aromatic carbocycles. The van der Waals surface area contributed by atoms with Gasteiger partial charge in [-0.25, -0.2) is 8.42 Å². The second kappa shape index (κ2) is 9.25. The average molecular weight is 465 g/mol. The fourth-order valence-electron chi connectivity index (χ4n) is 3.35. The molecule has 30 heavy (non-hydrogen) atoms. The molecule has 3 rings (SSSR count). The first kappa shape index (κ1) is 22.4. The molecule has 1 atom stereocenters. The standard InChI is InChI=1S/C22H22Cl2N2O3S/c1-3-20(26(30(2,28)29)21-13-18(23)10-11-19(21)24)22(27)25-14-15-8-9-16-6-4-5-7-17(16)12-15/h4-13,20H,3,14H2,1-2H3,(H,25,27)/t20-/m1/s1. The molecule has 0 fully saturated rings. The summed E-state index contributed by atoms with van der Waals surface area (Å²) in [4.78, 5) is 13.0. The van der Waals surface area contributed by atoms with E-state index >= 15 is 0 Å². The monoisotopic (exact) mass is 464 g/mol. The van der Waals surface area contributed by atoms with E-state index in [1.807, 2.05) is 42.5 Å². The van der Waals surface area contributed by atoms with E-state index in [0.717, 1.165) is 26.9 Å². The van der Waals surface area contributed by atoms with Crippen LogP contribution in [0.15, 0.2) is 60.7 Å². The van der Waals surface area contributed by atoms with Gasteiger partial charge in [0.15, 0.2) is 0 Å². The van der Waals surface area contributed by atoms with Crippen molar-refractivity contribution in [2.24, 2.45) is 0 Å². The maximum absolute atomic E-state index is 13.0. The third kappa shape index (κ3) is 5.06. The van der Waals surface area contributed by atoms with Crippen LogP contribution < -0.4 is 9.62 Å². The van der Waals surface area contributed by atoms with Gasteiger partial charge in [0.25, 0.3) is 0 Å². The summed E-state index contributed by atoms with van der Waals surface area (Å²) in [6.45, 7) is 2.03. The van der Waals surface area contributed by atoms with Crippen LogP contribution in [-0.4, -0.2) is 26.6 Å². The highest BCUT2D eigenvalue weighted by Gasteiger charge is 2.32. The summed E-state index contributed by atoms with van der Waals surface area (Å²) in [7, 11) is -3.80. The van der Waals surface area contributed by atoms with Crippen LogP contribution in [0.3, 0.4) is 0 Å². The van der Waals surface area contributed by atoms with Crippen LogP contribution in [0.25, 0.3) is 10.8 Å². The Balaban J connectivity index is 1.85. The summed E-state index contributed by atoms with van der Waals surface area (Å²) in [6.07, 6.45) is 1.31. The van der Waals surface area contributed by atoms with Gasteiger partial charge in [-0.05, 0) is 47.0 Å². The highest BCUT2D eigenvalue weighted by atomic mass is 35.5. The van der Waals surface area contributed by atoms with Gasteiger partial charge in [0, 0.05) is 11.6 Å².